The van der Waals surface area contributed by atoms with Crippen molar-refractivity contribution in [2.45, 2.75) is 18.9 Å². The van der Waals surface area contributed by atoms with E-state index in [-0.39, 0.29) is 25.2 Å². The van der Waals surface area contributed by atoms with Gasteiger partial charge in [0.25, 0.3) is 0 Å². The molecule has 0 bridgehead atoms. The molecule has 1 atom stereocenters. The first-order chi connectivity index (χ1) is 6.83. The molecule has 1 saturated heterocycles. The van der Waals surface area contributed by atoms with Crippen molar-refractivity contribution in [1.29, 1.82) is 0 Å². The molecule has 1 fully saturated rings. The van der Waals surface area contributed by atoms with Crippen LogP contribution in [0, 0.1) is 12.3 Å². The van der Waals surface area contributed by atoms with E-state index in [1.54, 1.807) is 0 Å². The van der Waals surface area contributed by atoms with Gasteiger partial charge in [0, 0.05) is 6.54 Å². The maximum atomic E-state index is 11.1. The minimum atomic E-state index is -0.145. The first kappa shape index (κ1) is 11.0. The van der Waals surface area contributed by atoms with Gasteiger partial charge in [-0.1, -0.05) is 5.92 Å². The minimum absolute atomic E-state index is 0.105. The molecular weight excluding hydrogens is 180 g/mol. The fourth-order valence-electron chi connectivity index (χ4n) is 1.36. The van der Waals surface area contributed by atoms with Gasteiger partial charge >= 0.3 is 0 Å². The van der Waals surface area contributed by atoms with Crippen LogP contribution in [0.2, 0.25) is 0 Å². The Bertz CT molecular complexity index is 217. The topological polar surface area (TPSA) is 50.4 Å². The Morgan fingerprint density at radius 2 is 2.57 bits per heavy atom. The van der Waals surface area contributed by atoms with Crippen LogP contribution in [-0.4, -0.2) is 38.3 Å². The Labute approximate surface area is 84.4 Å². The van der Waals surface area contributed by atoms with Crippen LogP contribution in [0.5, 0.6) is 0 Å². The SMILES string of the molecule is C#CCNC(=O)CO[C@H]1CCCNC1. The third-order valence-corrected chi connectivity index (χ3v) is 2.09. The summed E-state index contributed by atoms with van der Waals surface area (Å²) in [6.07, 6.45) is 7.30. The number of piperidine rings is 1. The molecule has 0 aromatic heterocycles. The monoisotopic (exact) mass is 196 g/mol. The van der Waals surface area contributed by atoms with Crippen LogP contribution >= 0.6 is 0 Å². The molecule has 0 aromatic carbocycles. The van der Waals surface area contributed by atoms with Gasteiger partial charge in [0.05, 0.1) is 12.6 Å². The highest BCUT2D eigenvalue weighted by atomic mass is 16.5. The fraction of sp³-hybridized carbons (Fsp3) is 0.700. The number of carbonyl (C=O) groups excluding carboxylic acids is 1. The Kier molecular flexibility index (Phi) is 5.05. The van der Waals surface area contributed by atoms with Gasteiger partial charge in [-0.05, 0) is 19.4 Å². The highest BCUT2D eigenvalue weighted by Gasteiger charge is 2.14. The van der Waals surface area contributed by atoms with Crippen LogP contribution in [0.3, 0.4) is 0 Å². The van der Waals surface area contributed by atoms with Crippen LogP contribution in [0.15, 0.2) is 0 Å². The van der Waals surface area contributed by atoms with Crippen molar-refractivity contribution >= 4 is 5.91 Å². The maximum Gasteiger partial charge on any atom is 0.246 e. The molecule has 1 heterocycles. The van der Waals surface area contributed by atoms with E-state index in [9.17, 15) is 4.79 Å². The summed E-state index contributed by atoms with van der Waals surface area (Å²) in [4.78, 5) is 11.1. The molecule has 0 spiro atoms. The van der Waals surface area contributed by atoms with E-state index < -0.39 is 0 Å². The van der Waals surface area contributed by atoms with Crippen molar-refractivity contribution < 1.29 is 9.53 Å². The van der Waals surface area contributed by atoms with Crippen molar-refractivity contribution in [1.82, 2.24) is 10.6 Å². The summed E-state index contributed by atoms with van der Waals surface area (Å²) in [5.74, 6) is 2.19. The second-order valence-corrected chi connectivity index (χ2v) is 3.26. The summed E-state index contributed by atoms with van der Waals surface area (Å²) >= 11 is 0. The molecule has 0 saturated carbocycles. The van der Waals surface area contributed by atoms with Gasteiger partial charge < -0.3 is 15.4 Å². The summed E-state index contributed by atoms with van der Waals surface area (Å²) in [5.41, 5.74) is 0. The molecule has 4 nitrogen and oxygen atoms in total. The van der Waals surface area contributed by atoms with E-state index in [2.05, 4.69) is 16.6 Å². The second-order valence-electron chi connectivity index (χ2n) is 3.26. The quantitative estimate of drug-likeness (QED) is 0.596. The van der Waals surface area contributed by atoms with Crippen LogP contribution in [0.25, 0.3) is 0 Å². The lowest BCUT2D eigenvalue weighted by Crippen LogP contribution is -2.38. The standard InChI is InChI=1S/C10H16N2O2/c1-2-5-12-10(13)8-14-9-4-3-6-11-7-9/h1,9,11H,3-8H2,(H,12,13)/t9-/m0/s1. The van der Waals surface area contributed by atoms with Crippen molar-refractivity contribution in [3.8, 4) is 12.3 Å². The largest absolute Gasteiger partial charge is 0.367 e. The molecule has 4 heteroatoms. The van der Waals surface area contributed by atoms with Crippen molar-refractivity contribution in [3.63, 3.8) is 0 Å². The first-order valence-electron chi connectivity index (χ1n) is 4.85. The van der Waals surface area contributed by atoms with Gasteiger partial charge in [0.1, 0.15) is 6.61 Å². The number of hydrogen-bond acceptors (Lipinski definition) is 3. The zero-order valence-corrected chi connectivity index (χ0v) is 8.21. The minimum Gasteiger partial charge on any atom is -0.367 e. The van der Waals surface area contributed by atoms with Crippen LogP contribution in [0.1, 0.15) is 12.8 Å². The Balaban J connectivity index is 2.07. The normalized spacial score (nSPS) is 21.2. The molecule has 78 valence electrons. The first-order valence-corrected chi connectivity index (χ1v) is 4.85. The van der Waals surface area contributed by atoms with Crippen LogP contribution in [-0.2, 0) is 9.53 Å². The van der Waals surface area contributed by atoms with Gasteiger partial charge in [0.2, 0.25) is 5.91 Å². The maximum absolute atomic E-state index is 11.1. The van der Waals surface area contributed by atoms with Crippen LogP contribution < -0.4 is 10.6 Å². The Morgan fingerprint density at radius 1 is 1.71 bits per heavy atom. The third kappa shape index (κ3) is 4.26. The van der Waals surface area contributed by atoms with Crippen molar-refractivity contribution in [2.75, 3.05) is 26.2 Å². The van der Waals surface area contributed by atoms with Gasteiger partial charge in [-0.3, -0.25) is 4.79 Å². The summed E-state index contributed by atoms with van der Waals surface area (Å²) in [5, 5.41) is 5.76. The number of hydrogen-bond donors (Lipinski definition) is 2. The second kappa shape index (κ2) is 6.41. The number of terminal acetylenes is 1. The lowest BCUT2D eigenvalue weighted by molar-refractivity contribution is -0.127. The Hall–Kier alpha value is -1.05. The number of amides is 1. The highest BCUT2D eigenvalue weighted by Crippen LogP contribution is 2.05. The molecule has 1 rings (SSSR count). The van der Waals surface area contributed by atoms with E-state index in [1.165, 1.54) is 0 Å². The number of ether oxygens (including phenoxy) is 1. The van der Waals surface area contributed by atoms with Gasteiger partial charge in [-0.15, -0.1) is 6.42 Å². The molecule has 1 aliphatic heterocycles. The Morgan fingerprint density at radius 3 is 3.21 bits per heavy atom. The van der Waals surface area contributed by atoms with Crippen LogP contribution in [0.4, 0.5) is 0 Å². The highest BCUT2D eigenvalue weighted by molar-refractivity contribution is 5.77. The number of carbonyl (C=O) groups is 1. The van der Waals surface area contributed by atoms with Gasteiger partial charge in [-0.25, -0.2) is 0 Å². The van der Waals surface area contributed by atoms with Gasteiger partial charge in [-0.2, -0.15) is 0 Å². The molecule has 0 aliphatic carbocycles. The fourth-order valence-corrected chi connectivity index (χ4v) is 1.36. The summed E-state index contributed by atoms with van der Waals surface area (Å²) in [6.45, 7) is 2.25. The lowest BCUT2D eigenvalue weighted by Gasteiger charge is -2.22. The predicted octanol–water partition coefficient (Wildman–Crippen LogP) is -0.496. The van der Waals surface area contributed by atoms with E-state index in [4.69, 9.17) is 11.2 Å². The van der Waals surface area contributed by atoms with Crippen molar-refractivity contribution in [2.24, 2.45) is 0 Å². The molecule has 2 N–H and O–H groups in total. The van der Waals surface area contributed by atoms with E-state index in [0.717, 1.165) is 25.9 Å². The third-order valence-electron chi connectivity index (χ3n) is 2.09. The van der Waals surface area contributed by atoms with E-state index in [1.807, 2.05) is 0 Å². The molecule has 0 unspecified atom stereocenters. The molecular formula is C10H16N2O2. The average Bonchev–Trinajstić information content (AvgIpc) is 2.25. The zero-order chi connectivity index (χ0) is 10.2. The summed E-state index contributed by atoms with van der Waals surface area (Å²) in [6, 6.07) is 0. The average molecular weight is 196 g/mol. The lowest BCUT2D eigenvalue weighted by atomic mass is 10.1. The van der Waals surface area contributed by atoms with Gasteiger partial charge in [0.15, 0.2) is 0 Å². The summed E-state index contributed by atoms with van der Waals surface area (Å²) in [7, 11) is 0. The number of rotatable bonds is 4. The van der Waals surface area contributed by atoms with E-state index in [0.29, 0.717) is 0 Å². The molecule has 0 radical (unpaired) electrons. The molecule has 1 aliphatic rings. The van der Waals surface area contributed by atoms with E-state index >= 15 is 0 Å². The number of nitrogens with one attached hydrogen (secondary N) is 2. The van der Waals surface area contributed by atoms with Crippen molar-refractivity contribution in [3.05, 3.63) is 0 Å². The molecule has 14 heavy (non-hydrogen) atoms. The smallest absolute Gasteiger partial charge is 0.246 e. The summed E-state index contributed by atoms with van der Waals surface area (Å²) < 4.78 is 5.40. The molecule has 1 amide bonds. The predicted molar refractivity (Wildman–Crippen MR) is 53.7 cm³/mol. The zero-order valence-electron chi connectivity index (χ0n) is 8.21. The molecule has 0 aromatic rings.